The van der Waals surface area contributed by atoms with Crippen molar-refractivity contribution >= 4 is 40.3 Å². The van der Waals surface area contributed by atoms with Gasteiger partial charge in [0.15, 0.2) is 5.11 Å². The largest absolute Gasteiger partial charge is 0.372 e. The maximum Gasteiger partial charge on any atom is 0.171 e. The first-order chi connectivity index (χ1) is 12.1. The van der Waals surface area contributed by atoms with Crippen molar-refractivity contribution in [2.45, 2.75) is 32.2 Å². The van der Waals surface area contributed by atoms with Crippen molar-refractivity contribution in [3.8, 4) is 0 Å². The first-order valence-electron chi connectivity index (χ1n) is 8.80. The summed E-state index contributed by atoms with van der Waals surface area (Å²) in [4.78, 5) is 2.47. The number of nitrogens with zero attached hydrogens (tertiary/aromatic N) is 1. The maximum absolute atomic E-state index is 5.90. The highest BCUT2D eigenvalue weighted by Crippen LogP contribution is 2.22. The Balaban J connectivity index is 1.55. The molecule has 3 rings (SSSR count). The van der Waals surface area contributed by atoms with Crippen molar-refractivity contribution in [2.24, 2.45) is 0 Å². The van der Waals surface area contributed by atoms with Gasteiger partial charge in [0.05, 0.1) is 6.04 Å². The van der Waals surface area contributed by atoms with Gasteiger partial charge in [-0.25, -0.2) is 0 Å². The molecule has 0 amide bonds. The van der Waals surface area contributed by atoms with Crippen LogP contribution in [0.4, 0.5) is 11.4 Å². The third-order valence-corrected chi connectivity index (χ3v) is 5.04. The summed E-state index contributed by atoms with van der Waals surface area (Å²) in [5.74, 6) is 0. The molecule has 2 aromatic rings. The highest BCUT2D eigenvalue weighted by Gasteiger charge is 2.12. The lowest BCUT2D eigenvalue weighted by atomic mass is 10.1. The zero-order valence-corrected chi connectivity index (χ0v) is 16.0. The van der Waals surface area contributed by atoms with E-state index in [1.165, 1.54) is 43.6 Å². The molecule has 1 aliphatic heterocycles. The number of hydrogen-bond donors (Lipinski definition) is 2. The van der Waals surface area contributed by atoms with Crippen molar-refractivity contribution in [1.82, 2.24) is 5.32 Å². The minimum absolute atomic E-state index is 0.141. The highest BCUT2D eigenvalue weighted by molar-refractivity contribution is 7.80. The third kappa shape index (κ3) is 5.10. The van der Waals surface area contributed by atoms with Gasteiger partial charge in [0.25, 0.3) is 0 Å². The molecule has 25 heavy (non-hydrogen) atoms. The fraction of sp³-hybridized carbons (Fsp3) is 0.350. The first-order valence-corrected chi connectivity index (χ1v) is 9.58. The summed E-state index contributed by atoms with van der Waals surface area (Å²) in [7, 11) is 0. The molecule has 1 saturated heterocycles. The van der Waals surface area contributed by atoms with Crippen LogP contribution < -0.4 is 15.5 Å². The van der Waals surface area contributed by atoms with Crippen LogP contribution in [0.25, 0.3) is 0 Å². The number of anilines is 2. The second kappa shape index (κ2) is 8.54. The molecule has 2 aromatic carbocycles. The summed E-state index contributed by atoms with van der Waals surface area (Å²) >= 11 is 11.3. The Morgan fingerprint density at radius 2 is 1.64 bits per heavy atom. The summed E-state index contributed by atoms with van der Waals surface area (Å²) in [6, 6.07) is 16.5. The van der Waals surface area contributed by atoms with Gasteiger partial charge in [0, 0.05) is 29.5 Å². The van der Waals surface area contributed by atoms with E-state index in [1.807, 2.05) is 24.3 Å². The Morgan fingerprint density at radius 3 is 2.28 bits per heavy atom. The fourth-order valence-electron chi connectivity index (χ4n) is 3.11. The SMILES string of the molecule is CC(NC(=S)Nc1ccc(Cl)cc1)c1ccc(N2CCCCC2)cc1. The summed E-state index contributed by atoms with van der Waals surface area (Å²) in [5.41, 5.74) is 3.47. The Hall–Kier alpha value is -1.78. The normalized spacial score (nSPS) is 15.5. The number of benzene rings is 2. The number of hydrogen-bond acceptors (Lipinski definition) is 2. The van der Waals surface area contributed by atoms with Crippen molar-refractivity contribution in [2.75, 3.05) is 23.3 Å². The molecule has 0 saturated carbocycles. The van der Waals surface area contributed by atoms with Crippen molar-refractivity contribution in [3.05, 3.63) is 59.1 Å². The Labute approximate surface area is 160 Å². The van der Waals surface area contributed by atoms with Crippen LogP contribution >= 0.6 is 23.8 Å². The predicted molar refractivity (Wildman–Crippen MR) is 112 cm³/mol. The molecule has 1 unspecified atom stereocenters. The molecule has 1 fully saturated rings. The minimum Gasteiger partial charge on any atom is -0.372 e. The molecule has 0 aliphatic carbocycles. The molecule has 5 heteroatoms. The zero-order valence-electron chi connectivity index (χ0n) is 14.5. The molecule has 1 heterocycles. The van der Waals surface area contributed by atoms with Crippen LogP contribution in [-0.2, 0) is 0 Å². The predicted octanol–water partition coefficient (Wildman–Crippen LogP) is 5.38. The van der Waals surface area contributed by atoms with Gasteiger partial charge >= 0.3 is 0 Å². The molecular formula is C20H24ClN3S. The molecule has 3 nitrogen and oxygen atoms in total. The second-order valence-electron chi connectivity index (χ2n) is 6.47. The van der Waals surface area contributed by atoms with Gasteiger partial charge in [-0.2, -0.15) is 0 Å². The van der Waals surface area contributed by atoms with E-state index in [0.717, 1.165) is 5.69 Å². The topological polar surface area (TPSA) is 27.3 Å². The van der Waals surface area contributed by atoms with Crippen LogP contribution in [0.15, 0.2) is 48.5 Å². The average Bonchev–Trinajstić information content (AvgIpc) is 2.64. The minimum atomic E-state index is 0.141. The summed E-state index contributed by atoms with van der Waals surface area (Å²) in [6.45, 7) is 4.45. The third-order valence-electron chi connectivity index (χ3n) is 4.56. The fourth-order valence-corrected chi connectivity index (χ4v) is 3.53. The Bertz CT molecular complexity index is 694. The molecule has 1 atom stereocenters. The van der Waals surface area contributed by atoms with E-state index in [1.54, 1.807) is 0 Å². The lowest BCUT2D eigenvalue weighted by molar-refractivity contribution is 0.577. The standard InChI is InChI=1S/C20H24ClN3S/c1-15(22-20(25)23-18-9-7-17(21)8-10-18)16-5-11-19(12-6-16)24-13-3-2-4-14-24/h5-12,15H,2-4,13-14H2,1H3,(H2,22,23,25). The molecule has 132 valence electrons. The number of thiocarbonyl (C=S) groups is 1. The van der Waals surface area contributed by atoms with Crippen LogP contribution in [0.2, 0.25) is 5.02 Å². The van der Waals surface area contributed by atoms with E-state index in [0.29, 0.717) is 10.1 Å². The zero-order chi connectivity index (χ0) is 17.6. The first kappa shape index (κ1) is 18.0. The molecule has 1 aliphatic rings. The Kier molecular flexibility index (Phi) is 6.16. The number of nitrogens with one attached hydrogen (secondary N) is 2. The van der Waals surface area contributed by atoms with Crippen LogP contribution in [-0.4, -0.2) is 18.2 Å². The lowest BCUT2D eigenvalue weighted by Crippen LogP contribution is -2.31. The van der Waals surface area contributed by atoms with Crippen molar-refractivity contribution < 1.29 is 0 Å². The van der Waals surface area contributed by atoms with Gasteiger partial charge in [-0.1, -0.05) is 23.7 Å². The monoisotopic (exact) mass is 373 g/mol. The van der Waals surface area contributed by atoms with E-state index < -0.39 is 0 Å². The van der Waals surface area contributed by atoms with Gasteiger partial charge in [-0.3, -0.25) is 0 Å². The van der Waals surface area contributed by atoms with E-state index in [9.17, 15) is 0 Å². The summed E-state index contributed by atoms with van der Waals surface area (Å²) in [5, 5.41) is 7.84. The second-order valence-corrected chi connectivity index (χ2v) is 7.31. The highest BCUT2D eigenvalue weighted by atomic mass is 35.5. The average molecular weight is 374 g/mol. The van der Waals surface area contributed by atoms with Gasteiger partial charge in [-0.05, 0) is 80.4 Å². The maximum atomic E-state index is 5.90. The van der Waals surface area contributed by atoms with Crippen LogP contribution in [0.5, 0.6) is 0 Å². The molecule has 2 N–H and O–H groups in total. The smallest absolute Gasteiger partial charge is 0.171 e. The quantitative estimate of drug-likeness (QED) is 0.704. The van der Waals surface area contributed by atoms with Gasteiger partial charge in [0.1, 0.15) is 0 Å². The van der Waals surface area contributed by atoms with Crippen molar-refractivity contribution in [1.29, 1.82) is 0 Å². The van der Waals surface area contributed by atoms with Crippen LogP contribution in [0, 0.1) is 0 Å². The molecule has 0 spiro atoms. The number of rotatable bonds is 4. The number of halogens is 1. The lowest BCUT2D eigenvalue weighted by Gasteiger charge is -2.29. The van der Waals surface area contributed by atoms with E-state index in [2.05, 4.69) is 46.7 Å². The molecule has 0 radical (unpaired) electrons. The van der Waals surface area contributed by atoms with Gasteiger partial charge in [0.2, 0.25) is 0 Å². The summed E-state index contributed by atoms with van der Waals surface area (Å²) in [6.07, 6.45) is 3.95. The van der Waals surface area contributed by atoms with Crippen LogP contribution in [0.3, 0.4) is 0 Å². The van der Waals surface area contributed by atoms with Gasteiger partial charge in [-0.15, -0.1) is 0 Å². The van der Waals surface area contributed by atoms with Crippen LogP contribution in [0.1, 0.15) is 37.8 Å². The molecule has 0 aromatic heterocycles. The van der Waals surface area contributed by atoms with Crippen molar-refractivity contribution in [3.63, 3.8) is 0 Å². The Morgan fingerprint density at radius 1 is 1.00 bits per heavy atom. The van der Waals surface area contributed by atoms with Gasteiger partial charge < -0.3 is 15.5 Å². The van der Waals surface area contributed by atoms with E-state index in [4.69, 9.17) is 23.8 Å². The summed E-state index contributed by atoms with van der Waals surface area (Å²) < 4.78 is 0. The number of piperidine rings is 1. The van der Waals surface area contributed by atoms with E-state index >= 15 is 0 Å². The van der Waals surface area contributed by atoms with E-state index in [-0.39, 0.29) is 6.04 Å². The molecule has 0 bridgehead atoms. The molecular weight excluding hydrogens is 350 g/mol.